The molecule has 2 N–H and O–H groups in total. The summed E-state index contributed by atoms with van der Waals surface area (Å²) in [6, 6.07) is 0. The Morgan fingerprint density at radius 3 is 2.83 bits per heavy atom. The van der Waals surface area contributed by atoms with Crippen molar-refractivity contribution in [3.8, 4) is 0 Å². The van der Waals surface area contributed by atoms with Crippen LogP contribution in [0.15, 0.2) is 53.1 Å². The standard InChI is InChI=1S/C18H25FN2O2/c1-5-14(19)7-6-13(2)21-15-8-9-18(3,4)11-16(10-15)20-12-17(22)23/h5-7,10,20H,1,8-9,11-12H2,2-4H3,(H,22,23)/b13-6+,14-7+,21-15?. The molecule has 126 valence electrons. The van der Waals surface area contributed by atoms with Crippen LogP contribution in [0.5, 0.6) is 0 Å². The van der Waals surface area contributed by atoms with Gasteiger partial charge in [0.05, 0.1) is 0 Å². The molecule has 0 atom stereocenters. The highest BCUT2D eigenvalue weighted by Crippen LogP contribution is 2.32. The van der Waals surface area contributed by atoms with E-state index in [1.807, 2.05) is 6.08 Å². The molecule has 0 spiro atoms. The zero-order chi connectivity index (χ0) is 17.5. The number of aliphatic imine (C=N–C) groups is 1. The summed E-state index contributed by atoms with van der Waals surface area (Å²) in [5, 5.41) is 11.8. The van der Waals surface area contributed by atoms with Gasteiger partial charge in [-0.3, -0.25) is 9.79 Å². The summed E-state index contributed by atoms with van der Waals surface area (Å²) in [5.74, 6) is -1.31. The molecule has 0 saturated carbocycles. The molecule has 1 rings (SSSR count). The van der Waals surface area contributed by atoms with Gasteiger partial charge in [0.1, 0.15) is 12.4 Å². The molecular formula is C18H25FN2O2. The lowest BCUT2D eigenvalue weighted by atomic mass is 9.84. The average Bonchev–Trinajstić information content (AvgIpc) is 2.61. The van der Waals surface area contributed by atoms with Crippen molar-refractivity contribution in [2.45, 2.75) is 40.0 Å². The van der Waals surface area contributed by atoms with Crippen molar-refractivity contribution in [1.29, 1.82) is 0 Å². The smallest absolute Gasteiger partial charge is 0.322 e. The monoisotopic (exact) mass is 320 g/mol. The van der Waals surface area contributed by atoms with Gasteiger partial charge in [-0.05, 0) is 55.9 Å². The van der Waals surface area contributed by atoms with E-state index in [-0.39, 0.29) is 12.0 Å². The number of carbonyl (C=O) groups is 1. The SMILES string of the molecule is C=C/C(F)=C\C=C(/C)N=C1C=C(NCC(=O)O)CC(C)(C)CC1. The largest absolute Gasteiger partial charge is 0.480 e. The van der Waals surface area contributed by atoms with Crippen LogP contribution in [0, 0.1) is 5.41 Å². The summed E-state index contributed by atoms with van der Waals surface area (Å²) < 4.78 is 13.0. The van der Waals surface area contributed by atoms with E-state index in [1.54, 1.807) is 13.0 Å². The van der Waals surface area contributed by atoms with Crippen LogP contribution in [-0.2, 0) is 4.79 Å². The first-order valence-corrected chi connectivity index (χ1v) is 7.62. The van der Waals surface area contributed by atoms with E-state index in [0.717, 1.165) is 36.7 Å². The number of rotatable bonds is 6. The van der Waals surface area contributed by atoms with Gasteiger partial charge in [0.25, 0.3) is 0 Å². The molecule has 0 unspecified atom stereocenters. The molecule has 0 amide bonds. The Bertz CT molecular complexity index is 584. The second kappa shape index (κ2) is 8.46. The van der Waals surface area contributed by atoms with Gasteiger partial charge in [-0.2, -0.15) is 0 Å². The highest BCUT2D eigenvalue weighted by Gasteiger charge is 2.23. The molecular weight excluding hydrogens is 295 g/mol. The quantitative estimate of drug-likeness (QED) is 0.723. The van der Waals surface area contributed by atoms with Crippen LogP contribution >= 0.6 is 0 Å². The van der Waals surface area contributed by atoms with Crippen LogP contribution in [0.1, 0.15) is 40.0 Å². The number of nitrogens with one attached hydrogen (secondary N) is 1. The third-order valence-corrected chi connectivity index (χ3v) is 3.53. The Balaban J connectivity index is 2.98. The van der Waals surface area contributed by atoms with Gasteiger partial charge in [-0.15, -0.1) is 0 Å². The first-order valence-electron chi connectivity index (χ1n) is 7.62. The van der Waals surface area contributed by atoms with Crippen LogP contribution in [0.2, 0.25) is 0 Å². The molecule has 5 heteroatoms. The van der Waals surface area contributed by atoms with Crippen LogP contribution < -0.4 is 5.32 Å². The molecule has 1 aliphatic carbocycles. The third kappa shape index (κ3) is 7.58. The molecule has 0 aliphatic heterocycles. The Morgan fingerprint density at radius 1 is 1.52 bits per heavy atom. The molecule has 0 bridgehead atoms. The molecule has 0 heterocycles. The van der Waals surface area contributed by atoms with Crippen LogP contribution in [-0.4, -0.2) is 23.3 Å². The van der Waals surface area contributed by atoms with Crippen molar-refractivity contribution >= 4 is 11.7 Å². The minimum atomic E-state index is -0.896. The summed E-state index contributed by atoms with van der Waals surface area (Å²) in [7, 11) is 0. The maximum Gasteiger partial charge on any atom is 0.322 e. The van der Waals surface area contributed by atoms with E-state index in [0.29, 0.717) is 5.70 Å². The number of hydrogen-bond acceptors (Lipinski definition) is 3. The molecule has 0 radical (unpaired) electrons. The molecule has 0 aromatic rings. The highest BCUT2D eigenvalue weighted by molar-refractivity contribution is 5.96. The lowest BCUT2D eigenvalue weighted by Crippen LogP contribution is -2.24. The molecule has 0 aromatic heterocycles. The van der Waals surface area contributed by atoms with Gasteiger partial charge in [0, 0.05) is 17.1 Å². The Labute approximate surface area is 137 Å². The van der Waals surface area contributed by atoms with Crippen molar-refractivity contribution in [1.82, 2.24) is 5.32 Å². The number of carboxylic acids is 1. The first-order chi connectivity index (χ1) is 10.7. The predicted molar refractivity (Wildman–Crippen MR) is 91.9 cm³/mol. The van der Waals surface area contributed by atoms with E-state index in [4.69, 9.17) is 5.11 Å². The number of carboxylic acid groups (broad SMARTS) is 1. The minimum absolute atomic E-state index is 0.0705. The number of halogens is 1. The highest BCUT2D eigenvalue weighted by atomic mass is 19.1. The number of allylic oxidation sites excluding steroid dienone is 7. The van der Waals surface area contributed by atoms with Crippen molar-refractivity contribution < 1.29 is 14.3 Å². The van der Waals surface area contributed by atoms with Gasteiger partial charge < -0.3 is 10.4 Å². The second-order valence-corrected chi connectivity index (χ2v) is 6.42. The van der Waals surface area contributed by atoms with Gasteiger partial charge in [-0.1, -0.05) is 20.4 Å². The molecule has 0 fully saturated rings. The van der Waals surface area contributed by atoms with Gasteiger partial charge in [0.2, 0.25) is 0 Å². The summed E-state index contributed by atoms with van der Waals surface area (Å²) in [4.78, 5) is 15.3. The summed E-state index contributed by atoms with van der Waals surface area (Å²) in [5.41, 5.74) is 2.49. The van der Waals surface area contributed by atoms with E-state index >= 15 is 0 Å². The first kappa shape index (κ1) is 18.9. The van der Waals surface area contributed by atoms with Crippen molar-refractivity contribution in [3.63, 3.8) is 0 Å². The fourth-order valence-corrected chi connectivity index (χ4v) is 2.32. The van der Waals surface area contributed by atoms with Gasteiger partial charge in [-0.25, -0.2) is 4.39 Å². The minimum Gasteiger partial charge on any atom is -0.480 e. The van der Waals surface area contributed by atoms with Crippen molar-refractivity contribution in [2.24, 2.45) is 10.4 Å². The number of hydrogen-bond donors (Lipinski definition) is 2. The lowest BCUT2D eigenvalue weighted by Gasteiger charge is -2.23. The fraction of sp³-hybridized carbons (Fsp3) is 0.444. The Hall–Kier alpha value is -2.17. The Kier molecular flexibility index (Phi) is 6.94. The zero-order valence-corrected chi connectivity index (χ0v) is 14.0. The number of nitrogens with zero attached hydrogens (tertiary/aromatic N) is 1. The second-order valence-electron chi connectivity index (χ2n) is 6.42. The van der Waals surface area contributed by atoms with E-state index in [9.17, 15) is 9.18 Å². The average molecular weight is 320 g/mol. The predicted octanol–water partition coefficient (Wildman–Crippen LogP) is 4.14. The molecule has 0 aromatic carbocycles. The fourth-order valence-electron chi connectivity index (χ4n) is 2.32. The maximum absolute atomic E-state index is 13.0. The normalized spacial score (nSPS) is 20.7. The van der Waals surface area contributed by atoms with Crippen LogP contribution in [0.25, 0.3) is 0 Å². The summed E-state index contributed by atoms with van der Waals surface area (Å²) >= 11 is 0. The summed E-state index contributed by atoms with van der Waals surface area (Å²) in [6.07, 6.45) is 8.47. The van der Waals surface area contributed by atoms with Crippen LogP contribution in [0.4, 0.5) is 4.39 Å². The molecule has 1 aliphatic rings. The van der Waals surface area contributed by atoms with E-state index in [1.165, 1.54) is 6.08 Å². The van der Waals surface area contributed by atoms with Crippen molar-refractivity contribution in [2.75, 3.05) is 6.54 Å². The van der Waals surface area contributed by atoms with E-state index in [2.05, 4.69) is 30.7 Å². The lowest BCUT2D eigenvalue weighted by molar-refractivity contribution is -0.135. The van der Waals surface area contributed by atoms with Gasteiger partial charge in [0.15, 0.2) is 0 Å². The Morgan fingerprint density at radius 2 is 2.22 bits per heavy atom. The zero-order valence-electron chi connectivity index (χ0n) is 14.0. The van der Waals surface area contributed by atoms with Crippen molar-refractivity contribution in [3.05, 3.63) is 48.1 Å². The number of aliphatic carboxylic acids is 1. The topological polar surface area (TPSA) is 61.7 Å². The van der Waals surface area contributed by atoms with Gasteiger partial charge >= 0.3 is 5.97 Å². The molecule has 0 saturated heterocycles. The van der Waals surface area contributed by atoms with Crippen LogP contribution in [0.3, 0.4) is 0 Å². The van der Waals surface area contributed by atoms with E-state index < -0.39 is 11.8 Å². The third-order valence-electron chi connectivity index (χ3n) is 3.53. The maximum atomic E-state index is 13.0. The summed E-state index contributed by atoms with van der Waals surface area (Å²) in [6.45, 7) is 9.34. The molecule has 4 nitrogen and oxygen atoms in total. The molecule has 23 heavy (non-hydrogen) atoms.